The predicted octanol–water partition coefficient (Wildman–Crippen LogP) is 6.88. The van der Waals surface area contributed by atoms with Gasteiger partial charge in [-0.05, 0) is 78.7 Å². The maximum absolute atomic E-state index is 10.9. The van der Waals surface area contributed by atoms with Gasteiger partial charge in [-0.3, -0.25) is 4.99 Å². The predicted molar refractivity (Wildman–Crippen MR) is 146 cm³/mol. The number of nitrogens with zero attached hydrogens (tertiary/aromatic N) is 3. The Morgan fingerprint density at radius 1 is 1.35 bits per heavy atom. The maximum atomic E-state index is 10.9. The first-order valence-corrected chi connectivity index (χ1v) is 13.2. The van der Waals surface area contributed by atoms with Crippen LogP contribution in [-0.4, -0.2) is 46.9 Å². The number of thioether (sulfide) groups is 1. The Balaban J connectivity index is 1.44. The molecule has 0 aromatic heterocycles. The van der Waals surface area contributed by atoms with Gasteiger partial charge in [0.1, 0.15) is 0 Å². The fourth-order valence-corrected chi connectivity index (χ4v) is 6.09. The van der Waals surface area contributed by atoms with Crippen LogP contribution in [0.15, 0.2) is 99.8 Å². The molecule has 0 radical (unpaired) electrons. The van der Waals surface area contributed by atoms with Crippen LogP contribution in [0.1, 0.15) is 39.5 Å². The van der Waals surface area contributed by atoms with E-state index in [1.165, 1.54) is 18.5 Å². The van der Waals surface area contributed by atoms with Crippen molar-refractivity contribution in [3.63, 3.8) is 0 Å². The van der Waals surface area contributed by atoms with Gasteiger partial charge in [0.05, 0.1) is 12.4 Å². The van der Waals surface area contributed by atoms with Crippen molar-refractivity contribution >= 4 is 18.1 Å². The van der Waals surface area contributed by atoms with Crippen molar-refractivity contribution in [2.45, 2.75) is 45.6 Å². The minimum atomic E-state index is 0.0381. The zero-order chi connectivity index (χ0) is 24.1. The number of aliphatic hydroxyl groups is 1. The highest BCUT2D eigenvalue weighted by Crippen LogP contribution is 2.46. The van der Waals surface area contributed by atoms with E-state index in [0.29, 0.717) is 18.3 Å². The highest BCUT2D eigenvalue weighted by atomic mass is 32.2. The zero-order valence-electron chi connectivity index (χ0n) is 20.5. The summed E-state index contributed by atoms with van der Waals surface area (Å²) >= 11 is 1.66. The van der Waals surface area contributed by atoms with E-state index in [0.717, 1.165) is 42.7 Å². The normalized spacial score (nSPS) is 37.1. The molecule has 3 atom stereocenters. The first-order chi connectivity index (χ1) is 16.4. The Labute approximate surface area is 209 Å². The molecule has 1 fully saturated rings. The summed E-state index contributed by atoms with van der Waals surface area (Å²) in [5.41, 5.74) is 4.53. The molecule has 4 nitrogen and oxygen atoms in total. The summed E-state index contributed by atoms with van der Waals surface area (Å²) in [6, 6.07) is 0.140. The van der Waals surface area contributed by atoms with Crippen molar-refractivity contribution < 1.29 is 5.11 Å². The van der Waals surface area contributed by atoms with E-state index in [4.69, 9.17) is 4.99 Å². The molecule has 1 N–H and O–H groups in total. The second kappa shape index (κ2) is 10.7. The number of allylic oxidation sites excluding steroid dienone is 7. The molecule has 1 spiro atoms. The van der Waals surface area contributed by atoms with E-state index in [1.807, 2.05) is 30.6 Å². The summed E-state index contributed by atoms with van der Waals surface area (Å²) in [5, 5.41) is 15.1. The molecule has 1 saturated carbocycles. The van der Waals surface area contributed by atoms with Gasteiger partial charge in [0.2, 0.25) is 0 Å². The SMILES string of the molecule is C=CC1=C/C(C)/N=C\N(CC2CCCC3(C=C(O)N(C/C4=C/S/C=C\C=C/C4=C)C3)C2)\C(C)=C\1. The molecule has 3 unspecified atom stereocenters. The lowest BCUT2D eigenvalue weighted by atomic mass is 9.70. The molecule has 0 aromatic rings. The molecule has 0 bridgehead atoms. The van der Waals surface area contributed by atoms with Crippen molar-refractivity contribution in [2.24, 2.45) is 16.3 Å². The number of hydrogen-bond donors (Lipinski definition) is 1. The Hall–Kier alpha value is -2.66. The Morgan fingerprint density at radius 2 is 2.21 bits per heavy atom. The Kier molecular flexibility index (Phi) is 7.72. The number of aliphatic hydroxyl groups excluding tert-OH is 1. The van der Waals surface area contributed by atoms with Gasteiger partial charge < -0.3 is 14.9 Å². The third kappa shape index (κ3) is 5.87. The van der Waals surface area contributed by atoms with Gasteiger partial charge in [0.15, 0.2) is 5.88 Å². The first kappa shape index (κ1) is 24.5. The van der Waals surface area contributed by atoms with Crippen LogP contribution in [-0.2, 0) is 0 Å². The summed E-state index contributed by atoms with van der Waals surface area (Å²) < 4.78 is 0. The molecule has 3 heterocycles. The summed E-state index contributed by atoms with van der Waals surface area (Å²) in [5.74, 6) is 0.970. The topological polar surface area (TPSA) is 39.1 Å². The van der Waals surface area contributed by atoms with Gasteiger partial charge in [-0.2, -0.15) is 0 Å². The van der Waals surface area contributed by atoms with Crippen LogP contribution in [0.5, 0.6) is 0 Å². The summed E-state index contributed by atoms with van der Waals surface area (Å²) in [7, 11) is 0. The minimum absolute atomic E-state index is 0.0381. The second-order valence-corrected chi connectivity index (χ2v) is 10.8. The highest BCUT2D eigenvalue weighted by Gasteiger charge is 2.42. The van der Waals surface area contributed by atoms with Crippen molar-refractivity contribution in [3.05, 3.63) is 94.8 Å². The maximum Gasteiger partial charge on any atom is 0.183 e. The van der Waals surface area contributed by atoms with Crippen molar-refractivity contribution in [1.82, 2.24) is 9.80 Å². The number of rotatable bonds is 5. The molecule has 3 aliphatic heterocycles. The smallest absolute Gasteiger partial charge is 0.183 e. The van der Waals surface area contributed by atoms with Crippen LogP contribution in [0.3, 0.4) is 0 Å². The minimum Gasteiger partial charge on any atom is -0.495 e. The van der Waals surface area contributed by atoms with Gasteiger partial charge in [-0.25, -0.2) is 0 Å². The van der Waals surface area contributed by atoms with Crippen LogP contribution < -0.4 is 0 Å². The lowest BCUT2D eigenvalue weighted by molar-refractivity contribution is 0.142. The fraction of sp³-hybridized carbons (Fsp3) is 0.414. The highest BCUT2D eigenvalue weighted by molar-refractivity contribution is 8.04. The van der Waals surface area contributed by atoms with Crippen LogP contribution in [0, 0.1) is 11.3 Å². The average Bonchev–Trinajstić information content (AvgIpc) is 3.08. The van der Waals surface area contributed by atoms with Crippen molar-refractivity contribution in [1.29, 1.82) is 0 Å². The standard InChI is InChI=1S/C29H37N3OS/c1-5-25-13-23(3)30-21-32(24(4)14-25)17-26-10-8-11-29(15-26)16-28(33)31(20-29)18-27-19-34-12-7-6-9-22(27)2/h5-7,9,12-14,16,19,21,23,26,33H,1-2,8,10-11,15,17-18,20H2,3-4H3/b9-6-,12-7-,24-14+,25-13-,27-19-,30-21-. The fourth-order valence-electron chi connectivity index (χ4n) is 5.44. The Morgan fingerprint density at radius 3 is 3.03 bits per heavy atom. The molecule has 0 saturated heterocycles. The van der Waals surface area contributed by atoms with Crippen molar-refractivity contribution in [3.8, 4) is 0 Å². The molecule has 0 amide bonds. The molecule has 1 aliphatic carbocycles. The average molecular weight is 476 g/mol. The Bertz CT molecular complexity index is 1030. The zero-order valence-corrected chi connectivity index (χ0v) is 21.3. The van der Waals surface area contributed by atoms with E-state index in [2.05, 4.69) is 65.8 Å². The molecule has 4 aliphatic rings. The molecule has 4 rings (SSSR count). The first-order valence-electron chi connectivity index (χ1n) is 12.2. The number of hydrogen-bond acceptors (Lipinski definition) is 5. The molecule has 180 valence electrons. The van der Waals surface area contributed by atoms with E-state index in [9.17, 15) is 5.11 Å². The van der Waals surface area contributed by atoms with Gasteiger partial charge in [-0.1, -0.05) is 50.0 Å². The summed E-state index contributed by atoms with van der Waals surface area (Å²) in [4.78, 5) is 9.16. The van der Waals surface area contributed by atoms with E-state index in [-0.39, 0.29) is 11.5 Å². The van der Waals surface area contributed by atoms with Crippen LogP contribution in [0.25, 0.3) is 0 Å². The molecule has 5 heteroatoms. The molecular weight excluding hydrogens is 438 g/mol. The van der Waals surface area contributed by atoms with Crippen molar-refractivity contribution in [2.75, 3.05) is 19.6 Å². The van der Waals surface area contributed by atoms with Gasteiger partial charge in [0.25, 0.3) is 0 Å². The molecular formula is C29H37N3OS. The van der Waals surface area contributed by atoms with Gasteiger partial charge >= 0.3 is 0 Å². The van der Waals surface area contributed by atoms with E-state index < -0.39 is 0 Å². The quantitative estimate of drug-likeness (QED) is 0.470. The monoisotopic (exact) mass is 475 g/mol. The van der Waals surface area contributed by atoms with Crippen LogP contribution in [0.2, 0.25) is 0 Å². The van der Waals surface area contributed by atoms with Gasteiger partial charge in [-0.15, -0.1) is 11.8 Å². The largest absolute Gasteiger partial charge is 0.495 e. The second-order valence-electron chi connectivity index (χ2n) is 9.99. The molecule has 34 heavy (non-hydrogen) atoms. The van der Waals surface area contributed by atoms with E-state index in [1.54, 1.807) is 11.8 Å². The van der Waals surface area contributed by atoms with Gasteiger partial charge in [0, 0.05) is 30.7 Å². The summed E-state index contributed by atoms with van der Waals surface area (Å²) in [6.45, 7) is 14.9. The van der Waals surface area contributed by atoms with Crippen LogP contribution in [0.4, 0.5) is 0 Å². The number of aliphatic imine (C=N–C) groups is 1. The lowest BCUT2D eigenvalue weighted by Gasteiger charge is -2.39. The summed E-state index contributed by atoms with van der Waals surface area (Å²) in [6.07, 6.45) is 21.1. The molecule has 0 aromatic carbocycles. The third-order valence-corrected chi connectivity index (χ3v) is 7.93. The lowest BCUT2D eigenvalue weighted by Crippen LogP contribution is -2.38. The van der Waals surface area contributed by atoms with E-state index >= 15 is 0 Å². The third-order valence-electron chi connectivity index (χ3n) is 7.19. The van der Waals surface area contributed by atoms with Crippen LogP contribution >= 0.6 is 11.8 Å².